The zero-order valence-corrected chi connectivity index (χ0v) is 13.4. The second-order valence-electron chi connectivity index (χ2n) is 7.10. The van der Waals surface area contributed by atoms with Crippen LogP contribution in [0.2, 0.25) is 0 Å². The molecule has 124 valence electrons. The summed E-state index contributed by atoms with van der Waals surface area (Å²) in [6.07, 6.45) is 6.97. The first-order valence-corrected chi connectivity index (χ1v) is 8.71. The number of carbonyl (C=O) groups excluding carboxylic acids is 1. The largest absolute Gasteiger partial charge is 0.478 e. The molecule has 23 heavy (non-hydrogen) atoms. The van der Waals surface area contributed by atoms with E-state index in [4.69, 9.17) is 9.47 Å². The number of ether oxygens (including phenoxy) is 2. The number of aromatic nitrogens is 1. The molecule has 5 nitrogen and oxygen atoms in total. The molecule has 4 rings (SSSR count). The number of rotatable bonds is 6. The van der Waals surface area contributed by atoms with Gasteiger partial charge in [-0.1, -0.05) is 6.07 Å². The molecule has 1 atom stereocenters. The molecule has 3 heterocycles. The van der Waals surface area contributed by atoms with Crippen LogP contribution in [0.3, 0.4) is 0 Å². The first-order chi connectivity index (χ1) is 11.3. The number of amides is 1. The number of hydrogen-bond acceptors (Lipinski definition) is 4. The maximum atomic E-state index is 12.2. The Bertz CT molecular complexity index is 553. The Balaban J connectivity index is 1.25. The van der Waals surface area contributed by atoms with Crippen molar-refractivity contribution in [1.29, 1.82) is 0 Å². The molecule has 0 N–H and O–H groups in total. The van der Waals surface area contributed by atoms with Gasteiger partial charge in [0.25, 0.3) is 0 Å². The van der Waals surface area contributed by atoms with Crippen molar-refractivity contribution in [1.82, 2.24) is 9.88 Å². The van der Waals surface area contributed by atoms with Crippen molar-refractivity contribution in [3.63, 3.8) is 0 Å². The van der Waals surface area contributed by atoms with E-state index in [1.807, 2.05) is 23.1 Å². The van der Waals surface area contributed by atoms with E-state index < -0.39 is 0 Å². The van der Waals surface area contributed by atoms with E-state index in [2.05, 4.69) is 4.98 Å². The third kappa shape index (κ3) is 3.20. The second kappa shape index (κ2) is 6.11. The molecule has 1 aromatic heterocycles. The third-order valence-electron chi connectivity index (χ3n) is 5.38. The topological polar surface area (TPSA) is 51.7 Å². The van der Waals surface area contributed by atoms with Gasteiger partial charge >= 0.3 is 0 Å². The molecule has 0 aromatic carbocycles. The van der Waals surface area contributed by atoms with Gasteiger partial charge in [0.2, 0.25) is 11.8 Å². The number of pyridine rings is 1. The zero-order chi connectivity index (χ0) is 15.7. The molecule has 5 heteroatoms. The zero-order valence-electron chi connectivity index (χ0n) is 13.4. The minimum atomic E-state index is -0.104. The molecule has 1 aliphatic carbocycles. The quantitative estimate of drug-likeness (QED) is 0.808. The van der Waals surface area contributed by atoms with E-state index in [1.54, 1.807) is 6.20 Å². The van der Waals surface area contributed by atoms with Crippen molar-refractivity contribution in [3.05, 3.63) is 24.4 Å². The smallest absolute Gasteiger partial charge is 0.223 e. The molecule has 1 amide bonds. The summed E-state index contributed by atoms with van der Waals surface area (Å²) in [4.78, 5) is 18.3. The third-order valence-corrected chi connectivity index (χ3v) is 5.38. The van der Waals surface area contributed by atoms with Gasteiger partial charge in [-0.2, -0.15) is 0 Å². The molecule has 3 aliphatic rings. The van der Waals surface area contributed by atoms with Crippen LogP contribution in [0.1, 0.15) is 32.1 Å². The summed E-state index contributed by atoms with van der Waals surface area (Å²) in [6.45, 7) is 3.00. The number of carbonyl (C=O) groups is 1. The van der Waals surface area contributed by atoms with Gasteiger partial charge in [0, 0.05) is 25.3 Å². The number of likely N-dealkylation sites (tertiary alicyclic amines) is 1. The van der Waals surface area contributed by atoms with Gasteiger partial charge in [-0.25, -0.2) is 4.98 Å². The van der Waals surface area contributed by atoms with E-state index in [0.29, 0.717) is 30.2 Å². The molecule has 1 saturated carbocycles. The van der Waals surface area contributed by atoms with E-state index in [0.717, 1.165) is 39.0 Å². The van der Waals surface area contributed by atoms with Gasteiger partial charge in [-0.05, 0) is 43.6 Å². The van der Waals surface area contributed by atoms with Crippen molar-refractivity contribution in [2.75, 3.05) is 26.3 Å². The minimum Gasteiger partial charge on any atom is -0.478 e. The predicted molar refractivity (Wildman–Crippen MR) is 85.1 cm³/mol. The molecule has 1 spiro atoms. The van der Waals surface area contributed by atoms with Crippen molar-refractivity contribution < 1.29 is 14.3 Å². The van der Waals surface area contributed by atoms with Gasteiger partial charge < -0.3 is 14.4 Å². The summed E-state index contributed by atoms with van der Waals surface area (Å²) in [5.41, 5.74) is -0.104. The van der Waals surface area contributed by atoms with E-state index in [-0.39, 0.29) is 5.60 Å². The van der Waals surface area contributed by atoms with E-state index in [1.165, 1.54) is 12.8 Å². The van der Waals surface area contributed by atoms with Crippen molar-refractivity contribution >= 4 is 5.91 Å². The van der Waals surface area contributed by atoms with Gasteiger partial charge in [-0.15, -0.1) is 0 Å². The molecule has 3 fully saturated rings. The normalized spacial score (nSPS) is 25.4. The Kier molecular flexibility index (Phi) is 3.97. The second-order valence-corrected chi connectivity index (χ2v) is 7.10. The van der Waals surface area contributed by atoms with Crippen LogP contribution in [0.5, 0.6) is 5.88 Å². The van der Waals surface area contributed by atoms with Crippen LogP contribution in [0.4, 0.5) is 0 Å². The number of hydrogen-bond donors (Lipinski definition) is 0. The lowest BCUT2D eigenvalue weighted by Crippen LogP contribution is -2.66. The van der Waals surface area contributed by atoms with Gasteiger partial charge in [0.1, 0.15) is 5.60 Å². The van der Waals surface area contributed by atoms with Crippen LogP contribution in [0.15, 0.2) is 24.4 Å². The Morgan fingerprint density at radius 2 is 2.22 bits per heavy atom. The maximum absolute atomic E-state index is 12.2. The lowest BCUT2D eigenvalue weighted by molar-refractivity contribution is -0.166. The summed E-state index contributed by atoms with van der Waals surface area (Å²) in [5.74, 6) is 2.13. The summed E-state index contributed by atoms with van der Waals surface area (Å²) >= 11 is 0. The molecule has 0 radical (unpaired) electrons. The Hall–Kier alpha value is -1.62. The van der Waals surface area contributed by atoms with Crippen molar-refractivity contribution in [2.45, 2.75) is 37.7 Å². The van der Waals surface area contributed by atoms with E-state index in [9.17, 15) is 4.79 Å². The molecule has 2 aliphatic heterocycles. The van der Waals surface area contributed by atoms with Crippen LogP contribution in [-0.4, -0.2) is 47.7 Å². The Labute approximate surface area is 137 Å². The fourth-order valence-corrected chi connectivity index (χ4v) is 3.75. The molecule has 1 aromatic rings. The van der Waals surface area contributed by atoms with Gasteiger partial charge in [0.15, 0.2) is 0 Å². The van der Waals surface area contributed by atoms with Crippen LogP contribution in [0, 0.1) is 11.8 Å². The molecule has 2 saturated heterocycles. The number of nitrogens with zero attached hydrogens (tertiary/aromatic N) is 2. The van der Waals surface area contributed by atoms with Gasteiger partial charge in [0.05, 0.1) is 19.7 Å². The van der Waals surface area contributed by atoms with Crippen LogP contribution in [0.25, 0.3) is 0 Å². The molecule has 0 bridgehead atoms. The summed E-state index contributed by atoms with van der Waals surface area (Å²) in [6, 6.07) is 5.69. The highest BCUT2D eigenvalue weighted by Crippen LogP contribution is 2.43. The highest BCUT2D eigenvalue weighted by atomic mass is 16.5. The fraction of sp³-hybridized carbons (Fsp3) is 0.667. The average Bonchev–Trinajstić information content (AvgIpc) is 3.23. The van der Waals surface area contributed by atoms with Crippen molar-refractivity contribution in [2.24, 2.45) is 11.8 Å². The summed E-state index contributed by atoms with van der Waals surface area (Å²) in [5, 5.41) is 0. The standard InChI is InChI=1S/C18H24N2O3/c21-17(11-14-4-5-14)20-12-18(13-20)15(7-10-23-18)6-9-22-16-3-1-2-8-19-16/h1-3,8,14-15H,4-7,9-13H2/t15-/m0/s1. The highest BCUT2D eigenvalue weighted by molar-refractivity contribution is 5.78. The SMILES string of the molecule is O=C(CC1CC1)N1CC2(C1)OCC[C@@H]2CCOc1ccccn1. The monoisotopic (exact) mass is 316 g/mol. The first-order valence-electron chi connectivity index (χ1n) is 8.71. The lowest BCUT2D eigenvalue weighted by Gasteiger charge is -2.50. The lowest BCUT2D eigenvalue weighted by atomic mass is 9.79. The molecular formula is C18H24N2O3. The van der Waals surface area contributed by atoms with E-state index >= 15 is 0 Å². The highest BCUT2D eigenvalue weighted by Gasteiger charge is 2.54. The van der Waals surface area contributed by atoms with Crippen molar-refractivity contribution in [3.8, 4) is 5.88 Å². The molecular weight excluding hydrogens is 292 g/mol. The Morgan fingerprint density at radius 3 is 2.96 bits per heavy atom. The van der Waals surface area contributed by atoms with Crippen LogP contribution < -0.4 is 4.74 Å². The van der Waals surface area contributed by atoms with Crippen LogP contribution >= 0.6 is 0 Å². The molecule has 0 unspecified atom stereocenters. The predicted octanol–water partition coefficient (Wildman–Crippen LogP) is 2.27. The average molecular weight is 316 g/mol. The summed E-state index contributed by atoms with van der Waals surface area (Å²) < 4.78 is 11.7. The Morgan fingerprint density at radius 1 is 1.35 bits per heavy atom. The fourth-order valence-electron chi connectivity index (χ4n) is 3.75. The minimum absolute atomic E-state index is 0.104. The first kappa shape index (κ1) is 14.9. The van der Waals surface area contributed by atoms with Gasteiger partial charge in [-0.3, -0.25) is 4.79 Å². The summed E-state index contributed by atoms with van der Waals surface area (Å²) in [7, 11) is 0. The van der Waals surface area contributed by atoms with Crippen LogP contribution in [-0.2, 0) is 9.53 Å². The maximum Gasteiger partial charge on any atom is 0.223 e.